The number of aromatic carboxylic acids is 1. The van der Waals surface area contributed by atoms with Crippen LogP contribution in [0.4, 0.5) is 5.82 Å². The van der Waals surface area contributed by atoms with Crippen LogP contribution in [0.2, 0.25) is 0 Å². The van der Waals surface area contributed by atoms with Gasteiger partial charge in [0.2, 0.25) is 0 Å². The number of aryl methyl sites for hydroxylation is 1. The zero-order valence-corrected chi connectivity index (χ0v) is 12.6. The summed E-state index contributed by atoms with van der Waals surface area (Å²) in [5.74, 6) is -0.656. The lowest BCUT2D eigenvalue weighted by molar-refractivity contribution is 0.0695. The van der Waals surface area contributed by atoms with E-state index in [2.05, 4.69) is 15.5 Å². The predicted octanol–water partition coefficient (Wildman–Crippen LogP) is 2.14. The number of carboxylic acids is 1. The van der Waals surface area contributed by atoms with Crippen molar-refractivity contribution >= 4 is 11.8 Å². The molecule has 1 aromatic rings. The molecule has 0 aliphatic heterocycles. The Kier molecular flexibility index (Phi) is 6.38. The van der Waals surface area contributed by atoms with Crippen LogP contribution in [-0.4, -0.2) is 40.5 Å². The second-order valence-corrected chi connectivity index (χ2v) is 4.57. The first-order chi connectivity index (χ1) is 9.54. The predicted molar refractivity (Wildman–Crippen MR) is 77.3 cm³/mol. The number of nitrogens with zero attached hydrogens (tertiary/aromatic N) is 2. The van der Waals surface area contributed by atoms with Crippen LogP contribution < -0.4 is 5.32 Å². The van der Waals surface area contributed by atoms with Gasteiger partial charge in [0.05, 0.1) is 12.3 Å². The minimum absolute atomic E-state index is 0.0282. The van der Waals surface area contributed by atoms with Gasteiger partial charge in [0.15, 0.2) is 5.82 Å². The molecule has 1 atom stereocenters. The summed E-state index contributed by atoms with van der Waals surface area (Å²) in [6.07, 6.45) is 1.29. The SMILES string of the molecule is CCOCC(C)Nc1nnc(CC)c(CC)c1C(=O)O. The Bertz CT molecular complexity index is 463. The van der Waals surface area contributed by atoms with Crippen molar-refractivity contribution in [1.82, 2.24) is 10.2 Å². The molecule has 6 heteroatoms. The van der Waals surface area contributed by atoms with Crippen LogP contribution in [0.15, 0.2) is 0 Å². The van der Waals surface area contributed by atoms with Crippen LogP contribution in [-0.2, 0) is 17.6 Å². The molecule has 6 nitrogen and oxygen atoms in total. The van der Waals surface area contributed by atoms with Crippen LogP contribution in [0.1, 0.15) is 49.3 Å². The van der Waals surface area contributed by atoms with E-state index in [0.29, 0.717) is 31.9 Å². The number of rotatable bonds is 8. The third-order valence-corrected chi connectivity index (χ3v) is 3.02. The molecule has 1 rings (SSSR count). The van der Waals surface area contributed by atoms with Gasteiger partial charge in [0, 0.05) is 12.6 Å². The third-order valence-electron chi connectivity index (χ3n) is 3.02. The molecule has 0 spiro atoms. The highest BCUT2D eigenvalue weighted by molar-refractivity contribution is 5.95. The molecule has 1 heterocycles. The van der Waals surface area contributed by atoms with Crippen LogP contribution in [0.5, 0.6) is 0 Å². The van der Waals surface area contributed by atoms with Crippen molar-refractivity contribution in [3.05, 3.63) is 16.8 Å². The Morgan fingerprint density at radius 1 is 1.30 bits per heavy atom. The highest BCUT2D eigenvalue weighted by Crippen LogP contribution is 2.21. The van der Waals surface area contributed by atoms with Gasteiger partial charge in [0.25, 0.3) is 0 Å². The van der Waals surface area contributed by atoms with Gasteiger partial charge >= 0.3 is 5.97 Å². The number of carboxylic acid groups (broad SMARTS) is 1. The lowest BCUT2D eigenvalue weighted by Gasteiger charge is -2.18. The Labute approximate surface area is 119 Å². The molecular formula is C14H23N3O3. The van der Waals surface area contributed by atoms with E-state index in [4.69, 9.17) is 4.74 Å². The second-order valence-electron chi connectivity index (χ2n) is 4.57. The second kappa shape index (κ2) is 7.79. The summed E-state index contributed by atoms with van der Waals surface area (Å²) in [5.41, 5.74) is 1.72. The van der Waals surface area contributed by atoms with E-state index in [0.717, 1.165) is 11.3 Å². The number of nitrogens with one attached hydrogen (secondary N) is 1. The Balaban J connectivity index is 3.09. The lowest BCUT2D eigenvalue weighted by Crippen LogP contribution is -2.25. The topological polar surface area (TPSA) is 84.3 Å². The van der Waals surface area contributed by atoms with Gasteiger partial charge in [-0.2, -0.15) is 5.10 Å². The highest BCUT2D eigenvalue weighted by atomic mass is 16.5. The minimum Gasteiger partial charge on any atom is -0.478 e. The fourth-order valence-corrected chi connectivity index (χ4v) is 2.07. The number of anilines is 1. The molecule has 0 saturated heterocycles. The Morgan fingerprint density at radius 3 is 2.50 bits per heavy atom. The quantitative estimate of drug-likeness (QED) is 0.759. The van der Waals surface area contributed by atoms with Gasteiger partial charge < -0.3 is 15.2 Å². The van der Waals surface area contributed by atoms with Crippen molar-refractivity contribution in [3.63, 3.8) is 0 Å². The van der Waals surface area contributed by atoms with E-state index in [1.165, 1.54) is 0 Å². The van der Waals surface area contributed by atoms with Gasteiger partial charge in [-0.1, -0.05) is 13.8 Å². The first-order valence-electron chi connectivity index (χ1n) is 7.00. The molecule has 112 valence electrons. The van der Waals surface area contributed by atoms with Gasteiger partial charge in [-0.25, -0.2) is 4.79 Å². The van der Waals surface area contributed by atoms with Gasteiger partial charge in [-0.05, 0) is 32.3 Å². The van der Waals surface area contributed by atoms with E-state index < -0.39 is 5.97 Å². The highest BCUT2D eigenvalue weighted by Gasteiger charge is 2.21. The summed E-state index contributed by atoms with van der Waals surface area (Å²) in [7, 11) is 0. The van der Waals surface area contributed by atoms with Crippen LogP contribution in [0.3, 0.4) is 0 Å². The van der Waals surface area contributed by atoms with Crippen LogP contribution >= 0.6 is 0 Å². The molecule has 1 unspecified atom stereocenters. The standard InChI is InChI=1S/C14H23N3O3/c1-5-10-11(6-2)16-17-13(12(10)14(18)19)15-9(4)8-20-7-3/h9H,5-8H2,1-4H3,(H,15,17)(H,18,19). The van der Waals surface area contributed by atoms with E-state index in [1.807, 2.05) is 27.7 Å². The summed E-state index contributed by atoms with van der Waals surface area (Å²) < 4.78 is 5.31. The van der Waals surface area contributed by atoms with Crippen molar-refractivity contribution in [2.45, 2.75) is 46.6 Å². The first kappa shape index (κ1) is 16.4. The average Bonchev–Trinajstić information content (AvgIpc) is 2.43. The summed E-state index contributed by atoms with van der Waals surface area (Å²) in [4.78, 5) is 11.5. The summed E-state index contributed by atoms with van der Waals surface area (Å²) in [6, 6.07) is -0.0282. The van der Waals surface area contributed by atoms with E-state index in [-0.39, 0.29) is 11.6 Å². The molecule has 0 aromatic carbocycles. The number of carbonyl (C=O) groups is 1. The molecule has 2 N–H and O–H groups in total. The Hall–Kier alpha value is -1.69. The summed E-state index contributed by atoms with van der Waals surface area (Å²) in [6.45, 7) is 8.82. The van der Waals surface area contributed by atoms with Gasteiger partial charge in [0.1, 0.15) is 5.56 Å². The first-order valence-corrected chi connectivity index (χ1v) is 7.00. The number of aromatic nitrogens is 2. The minimum atomic E-state index is -0.974. The molecule has 0 radical (unpaired) electrons. The smallest absolute Gasteiger partial charge is 0.339 e. The third kappa shape index (κ3) is 3.90. The van der Waals surface area contributed by atoms with Crippen molar-refractivity contribution in [2.24, 2.45) is 0 Å². The van der Waals surface area contributed by atoms with Crippen molar-refractivity contribution in [3.8, 4) is 0 Å². The zero-order valence-electron chi connectivity index (χ0n) is 12.6. The van der Waals surface area contributed by atoms with Crippen LogP contribution in [0, 0.1) is 0 Å². The molecule has 0 aliphatic rings. The molecule has 0 bridgehead atoms. The fraction of sp³-hybridized carbons (Fsp3) is 0.643. The van der Waals surface area contributed by atoms with Crippen molar-refractivity contribution < 1.29 is 14.6 Å². The van der Waals surface area contributed by atoms with Gasteiger partial charge in [-0.3, -0.25) is 0 Å². The fourth-order valence-electron chi connectivity index (χ4n) is 2.07. The maximum atomic E-state index is 11.5. The molecular weight excluding hydrogens is 258 g/mol. The monoisotopic (exact) mass is 281 g/mol. The van der Waals surface area contributed by atoms with E-state index >= 15 is 0 Å². The molecule has 20 heavy (non-hydrogen) atoms. The lowest BCUT2D eigenvalue weighted by atomic mass is 10.0. The maximum absolute atomic E-state index is 11.5. The van der Waals surface area contributed by atoms with Crippen molar-refractivity contribution in [1.29, 1.82) is 0 Å². The summed E-state index contributed by atoms with van der Waals surface area (Å²) >= 11 is 0. The molecule has 0 amide bonds. The van der Waals surface area contributed by atoms with Crippen LogP contribution in [0.25, 0.3) is 0 Å². The largest absolute Gasteiger partial charge is 0.478 e. The molecule has 0 fully saturated rings. The maximum Gasteiger partial charge on any atom is 0.339 e. The average molecular weight is 281 g/mol. The molecule has 0 aliphatic carbocycles. The number of hydrogen-bond acceptors (Lipinski definition) is 5. The van der Waals surface area contributed by atoms with Gasteiger partial charge in [-0.15, -0.1) is 5.10 Å². The molecule has 0 saturated carbocycles. The van der Waals surface area contributed by atoms with E-state index in [9.17, 15) is 9.90 Å². The van der Waals surface area contributed by atoms with E-state index in [1.54, 1.807) is 0 Å². The normalized spacial score (nSPS) is 12.2. The zero-order chi connectivity index (χ0) is 15.1. The number of ether oxygens (including phenoxy) is 1. The summed E-state index contributed by atoms with van der Waals surface area (Å²) in [5, 5.41) is 20.7. The number of hydrogen-bond donors (Lipinski definition) is 2. The Morgan fingerprint density at radius 2 is 2.00 bits per heavy atom. The van der Waals surface area contributed by atoms with Crippen molar-refractivity contribution in [2.75, 3.05) is 18.5 Å². The molecule has 1 aromatic heterocycles.